The molecule has 2 aromatic rings. The van der Waals surface area contributed by atoms with Crippen molar-refractivity contribution in [2.75, 3.05) is 20.8 Å². The van der Waals surface area contributed by atoms with Crippen LogP contribution in [0.15, 0.2) is 41.3 Å². The molecule has 0 unspecified atom stereocenters. The van der Waals surface area contributed by atoms with Gasteiger partial charge >= 0.3 is 0 Å². The van der Waals surface area contributed by atoms with Crippen LogP contribution < -0.4 is 9.46 Å². The first-order valence-electron chi connectivity index (χ1n) is 6.69. The molecule has 1 heterocycles. The van der Waals surface area contributed by atoms with Crippen molar-refractivity contribution in [3.05, 3.63) is 46.2 Å². The Balaban J connectivity index is 2.15. The second-order valence-corrected chi connectivity index (χ2v) is 7.73. The van der Waals surface area contributed by atoms with Crippen molar-refractivity contribution in [3.63, 3.8) is 0 Å². The Hall–Kier alpha value is -1.41. The number of ether oxygens (including phenoxy) is 2. The number of benzene rings is 1. The second kappa shape index (κ2) is 7.23. The topological polar surface area (TPSA) is 64.6 Å². The molecule has 0 bridgehead atoms. The van der Waals surface area contributed by atoms with E-state index in [1.54, 1.807) is 36.6 Å². The summed E-state index contributed by atoms with van der Waals surface area (Å²) in [4.78, 5) is 2.27. The molecule has 1 aromatic heterocycles. The van der Waals surface area contributed by atoms with Gasteiger partial charge in [-0.15, -0.1) is 11.3 Å². The van der Waals surface area contributed by atoms with E-state index in [0.29, 0.717) is 5.75 Å². The van der Waals surface area contributed by atoms with Gasteiger partial charge in [-0.25, -0.2) is 13.1 Å². The number of sulfonamides is 1. The fraction of sp³-hybridized carbons (Fsp3) is 0.333. The van der Waals surface area contributed by atoms with Gasteiger partial charge in [-0.1, -0.05) is 12.1 Å². The van der Waals surface area contributed by atoms with Crippen LogP contribution in [0.5, 0.6) is 5.75 Å². The molecule has 1 N–H and O–H groups in total. The van der Waals surface area contributed by atoms with Gasteiger partial charge in [0.15, 0.2) is 0 Å². The van der Waals surface area contributed by atoms with Gasteiger partial charge in [-0.05, 0) is 31.2 Å². The number of thiophene rings is 1. The van der Waals surface area contributed by atoms with Crippen LogP contribution in [0, 0.1) is 6.92 Å². The number of nitrogens with one attached hydrogen (secondary N) is 1. The van der Waals surface area contributed by atoms with E-state index in [0.717, 1.165) is 9.75 Å². The minimum absolute atomic E-state index is 0.120. The van der Waals surface area contributed by atoms with Crippen LogP contribution in [0.1, 0.15) is 15.9 Å². The van der Waals surface area contributed by atoms with Crippen molar-refractivity contribution in [2.45, 2.75) is 17.9 Å². The van der Waals surface area contributed by atoms with Crippen molar-refractivity contribution < 1.29 is 17.9 Å². The molecule has 0 spiro atoms. The maximum atomic E-state index is 12.4. The molecule has 2 rings (SSSR count). The molecule has 0 saturated heterocycles. The van der Waals surface area contributed by atoms with Crippen LogP contribution in [0.4, 0.5) is 0 Å². The van der Waals surface area contributed by atoms with Gasteiger partial charge < -0.3 is 9.47 Å². The highest BCUT2D eigenvalue weighted by molar-refractivity contribution is 7.89. The predicted octanol–water partition coefficient (Wildman–Crippen LogP) is 2.73. The van der Waals surface area contributed by atoms with E-state index in [1.807, 2.05) is 19.1 Å². The van der Waals surface area contributed by atoms with Crippen LogP contribution >= 0.6 is 11.3 Å². The van der Waals surface area contributed by atoms with Crippen LogP contribution in [0.2, 0.25) is 0 Å². The zero-order valence-electron chi connectivity index (χ0n) is 12.7. The van der Waals surface area contributed by atoms with Crippen molar-refractivity contribution in [2.24, 2.45) is 0 Å². The number of hydrogen-bond acceptors (Lipinski definition) is 5. The molecule has 0 radical (unpaired) electrons. The van der Waals surface area contributed by atoms with Gasteiger partial charge in [-0.2, -0.15) is 0 Å². The minimum Gasteiger partial charge on any atom is -0.495 e. The van der Waals surface area contributed by atoms with Crippen molar-refractivity contribution >= 4 is 21.4 Å². The Morgan fingerprint density at radius 1 is 1.18 bits per heavy atom. The summed E-state index contributed by atoms with van der Waals surface area (Å²) < 4.78 is 37.9. The molecule has 0 saturated carbocycles. The summed E-state index contributed by atoms with van der Waals surface area (Å²) in [5, 5.41) is 0. The Morgan fingerprint density at radius 2 is 1.91 bits per heavy atom. The third-order valence-corrected chi connectivity index (χ3v) is 5.74. The first-order chi connectivity index (χ1) is 10.5. The number of para-hydroxylation sites is 1. The molecule has 0 amide bonds. The molecule has 0 aliphatic rings. The molecule has 0 fully saturated rings. The van der Waals surface area contributed by atoms with Crippen molar-refractivity contribution in [1.29, 1.82) is 0 Å². The maximum Gasteiger partial charge on any atom is 0.244 e. The number of hydrogen-bond donors (Lipinski definition) is 1. The summed E-state index contributed by atoms with van der Waals surface area (Å²) in [5.74, 6) is 0.316. The summed E-state index contributed by atoms with van der Waals surface area (Å²) in [6.07, 6.45) is -0.316. The number of rotatable bonds is 7. The maximum absolute atomic E-state index is 12.4. The summed E-state index contributed by atoms with van der Waals surface area (Å²) in [6, 6.07) is 10.5. The van der Waals surface area contributed by atoms with Crippen LogP contribution in [0.25, 0.3) is 0 Å². The monoisotopic (exact) mass is 341 g/mol. The zero-order chi connectivity index (χ0) is 16.2. The lowest BCUT2D eigenvalue weighted by Crippen LogP contribution is -2.29. The molecule has 120 valence electrons. The number of methoxy groups -OCH3 is 2. The molecule has 1 atom stereocenters. The highest BCUT2D eigenvalue weighted by atomic mass is 32.2. The lowest BCUT2D eigenvalue weighted by molar-refractivity contribution is 0.110. The molecule has 0 aliphatic heterocycles. The van der Waals surface area contributed by atoms with E-state index in [9.17, 15) is 8.42 Å². The van der Waals surface area contributed by atoms with E-state index < -0.39 is 10.0 Å². The van der Waals surface area contributed by atoms with Crippen LogP contribution in [-0.4, -0.2) is 29.2 Å². The minimum atomic E-state index is -3.66. The molecular weight excluding hydrogens is 322 g/mol. The van der Waals surface area contributed by atoms with Gasteiger partial charge in [-0.3, -0.25) is 0 Å². The molecule has 1 aromatic carbocycles. The molecule has 22 heavy (non-hydrogen) atoms. The van der Waals surface area contributed by atoms with Crippen LogP contribution in [0.3, 0.4) is 0 Å². The molecule has 7 heteroatoms. The van der Waals surface area contributed by atoms with E-state index in [4.69, 9.17) is 9.47 Å². The molecule has 5 nitrogen and oxygen atoms in total. The summed E-state index contributed by atoms with van der Waals surface area (Å²) >= 11 is 1.59. The van der Waals surface area contributed by atoms with E-state index in [-0.39, 0.29) is 17.5 Å². The highest BCUT2D eigenvalue weighted by Crippen LogP contribution is 2.26. The average molecular weight is 341 g/mol. The van der Waals surface area contributed by atoms with Crippen LogP contribution in [-0.2, 0) is 14.8 Å². The summed E-state index contributed by atoms with van der Waals surface area (Å²) in [6.45, 7) is 2.16. The van der Waals surface area contributed by atoms with Crippen molar-refractivity contribution in [1.82, 2.24) is 4.72 Å². The SMILES string of the molecule is COc1ccccc1S(=O)(=O)NC[C@@H](OC)c1ccc(C)s1. The fourth-order valence-electron chi connectivity index (χ4n) is 2.03. The van der Waals surface area contributed by atoms with E-state index >= 15 is 0 Å². The smallest absolute Gasteiger partial charge is 0.244 e. The lowest BCUT2D eigenvalue weighted by atomic mass is 10.3. The average Bonchev–Trinajstić information content (AvgIpc) is 2.94. The highest BCUT2D eigenvalue weighted by Gasteiger charge is 2.21. The van der Waals surface area contributed by atoms with Gasteiger partial charge in [0.25, 0.3) is 0 Å². The largest absolute Gasteiger partial charge is 0.495 e. The van der Waals surface area contributed by atoms with Gasteiger partial charge in [0, 0.05) is 23.4 Å². The Kier molecular flexibility index (Phi) is 5.57. The third-order valence-electron chi connectivity index (χ3n) is 3.18. The Bertz CT molecular complexity index is 725. The molecule has 0 aliphatic carbocycles. The van der Waals surface area contributed by atoms with E-state index in [1.165, 1.54) is 13.2 Å². The summed E-state index contributed by atoms with van der Waals surface area (Å²) in [5.41, 5.74) is 0. The number of aryl methyl sites for hydroxylation is 1. The first-order valence-corrected chi connectivity index (χ1v) is 8.99. The second-order valence-electron chi connectivity index (χ2n) is 4.68. The summed E-state index contributed by atoms with van der Waals surface area (Å²) in [7, 11) is -0.648. The lowest BCUT2D eigenvalue weighted by Gasteiger charge is -2.16. The van der Waals surface area contributed by atoms with Gasteiger partial charge in [0.2, 0.25) is 10.0 Å². The molecular formula is C15H19NO4S2. The van der Waals surface area contributed by atoms with Gasteiger partial charge in [0.1, 0.15) is 16.7 Å². The first kappa shape index (κ1) is 17.0. The Labute approximate surface area is 134 Å². The van der Waals surface area contributed by atoms with E-state index in [2.05, 4.69) is 4.72 Å². The normalized spacial score (nSPS) is 13.0. The fourth-order valence-corrected chi connectivity index (χ4v) is 4.19. The third kappa shape index (κ3) is 3.86. The van der Waals surface area contributed by atoms with Crippen molar-refractivity contribution in [3.8, 4) is 5.75 Å². The Morgan fingerprint density at radius 3 is 2.50 bits per heavy atom. The predicted molar refractivity (Wildman–Crippen MR) is 87.0 cm³/mol. The quantitative estimate of drug-likeness (QED) is 0.841. The zero-order valence-corrected chi connectivity index (χ0v) is 14.3. The standard InChI is InChI=1S/C15H19NO4S2/c1-11-8-9-14(21-11)13(20-3)10-16-22(17,18)15-7-5-4-6-12(15)19-2/h4-9,13,16H,10H2,1-3H3/t13-/m1/s1. The van der Waals surface area contributed by atoms with Gasteiger partial charge in [0.05, 0.1) is 7.11 Å².